The van der Waals surface area contributed by atoms with E-state index in [0.29, 0.717) is 34.7 Å². The van der Waals surface area contributed by atoms with Crippen molar-refractivity contribution < 1.29 is 9.05 Å². The van der Waals surface area contributed by atoms with Crippen LogP contribution in [-0.2, 0) is 13.0 Å². The van der Waals surface area contributed by atoms with Gasteiger partial charge in [-0.15, -0.1) is 0 Å². The van der Waals surface area contributed by atoms with E-state index in [1.807, 2.05) is 26.0 Å². The van der Waals surface area contributed by atoms with Crippen LogP contribution < -0.4 is 5.73 Å². The van der Waals surface area contributed by atoms with Crippen LogP contribution in [0.15, 0.2) is 27.2 Å². The fourth-order valence-corrected chi connectivity index (χ4v) is 3.59. The number of hydrogen-bond acceptors (Lipinski definition) is 6. The van der Waals surface area contributed by atoms with Crippen molar-refractivity contribution in [2.75, 3.05) is 5.73 Å². The van der Waals surface area contributed by atoms with Crippen LogP contribution in [-0.4, -0.2) is 19.9 Å². The van der Waals surface area contributed by atoms with Crippen molar-refractivity contribution in [2.45, 2.75) is 40.2 Å². The predicted molar refractivity (Wildman–Crippen MR) is 104 cm³/mol. The van der Waals surface area contributed by atoms with Gasteiger partial charge in [0.25, 0.3) is 5.89 Å². The smallest absolute Gasteiger partial charge is 0.263 e. The maximum absolute atomic E-state index is 6.42. The van der Waals surface area contributed by atoms with Crippen molar-refractivity contribution in [2.24, 2.45) is 0 Å². The molecule has 140 valence electrons. The van der Waals surface area contributed by atoms with Crippen LogP contribution in [0.2, 0.25) is 5.02 Å². The molecule has 8 heteroatoms. The van der Waals surface area contributed by atoms with Gasteiger partial charge in [0.1, 0.15) is 11.3 Å². The Morgan fingerprint density at radius 3 is 2.70 bits per heavy atom. The van der Waals surface area contributed by atoms with Crippen molar-refractivity contribution in [3.05, 3.63) is 46.2 Å². The quantitative estimate of drug-likeness (QED) is 0.507. The Bertz CT molecular complexity index is 1110. The van der Waals surface area contributed by atoms with Gasteiger partial charge in [-0.1, -0.05) is 35.3 Å². The fraction of sp³-hybridized carbons (Fsp3) is 0.316. The first kappa shape index (κ1) is 17.6. The van der Waals surface area contributed by atoms with Crippen LogP contribution in [0.4, 0.5) is 5.69 Å². The second-order valence-corrected chi connectivity index (χ2v) is 6.97. The first-order valence-electron chi connectivity index (χ1n) is 8.81. The highest BCUT2D eigenvalue weighted by atomic mass is 35.5. The third-order valence-corrected chi connectivity index (χ3v) is 5.08. The largest absolute Gasteiger partial charge is 0.398 e. The van der Waals surface area contributed by atoms with Crippen molar-refractivity contribution in [3.63, 3.8) is 0 Å². The third-order valence-electron chi connectivity index (χ3n) is 4.66. The first-order valence-corrected chi connectivity index (χ1v) is 9.19. The van der Waals surface area contributed by atoms with E-state index in [2.05, 4.69) is 32.9 Å². The summed E-state index contributed by atoms with van der Waals surface area (Å²) in [6.45, 7) is 6.29. The van der Waals surface area contributed by atoms with E-state index in [9.17, 15) is 0 Å². The Kier molecular flexibility index (Phi) is 4.39. The normalized spacial score (nSPS) is 11.6. The minimum atomic E-state index is 0.414. The van der Waals surface area contributed by atoms with Crippen molar-refractivity contribution >= 4 is 28.2 Å². The van der Waals surface area contributed by atoms with Gasteiger partial charge >= 0.3 is 0 Å². The number of nitrogen functional groups attached to an aromatic ring is 1. The maximum atomic E-state index is 6.42. The monoisotopic (exact) mass is 385 g/mol. The first-order chi connectivity index (χ1) is 13.0. The lowest BCUT2D eigenvalue weighted by Gasteiger charge is -2.08. The molecule has 0 aliphatic heterocycles. The van der Waals surface area contributed by atoms with Gasteiger partial charge in [0.2, 0.25) is 0 Å². The zero-order valence-electron chi connectivity index (χ0n) is 15.4. The number of hydrogen-bond donors (Lipinski definition) is 1. The van der Waals surface area contributed by atoms with E-state index in [1.165, 1.54) is 0 Å². The molecule has 0 amide bonds. The molecule has 1 aromatic carbocycles. The Balaban J connectivity index is 1.76. The molecule has 0 aliphatic carbocycles. The Labute approximate surface area is 161 Å². The van der Waals surface area contributed by atoms with Crippen LogP contribution in [0.5, 0.6) is 0 Å². The summed E-state index contributed by atoms with van der Waals surface area (Å²) in [5.74, 6) is 1.65. The van der Waals surface area contributed by atoms with Gasteiger partial charge in [-0.2, -0.15) is 4.98 Å². The standard InChI is InChI=1S/C19H20ClN5O2/c1-4-5-12-8-13-15(7-6-14(21)18(13)20)25(12)9-16-22-19(27-24-16)17-10(2)23-26-11(17)3/h6-8H,4-5,9,21H2,1-3H3. The molecule has 4 aromatic rings. The summed E-state index contributed by atoms with van der Waals surface area (Å²) in [4.78, 5) is 4.54. The Hall–Kier alpha value is -2.80. The highest BCUT2D eigenvalue weighted by molar-refractivity contribution is 6.38. The molecule has 0 spiro atoms. The number of aromatic nitrogens is 4. The number of fused-ring (bicyclic) bond motifs is 1. The number of nitrogens with two attached hydrogens (primary N) is 1. The summed E-state index contributed by atoms with van der Waals surface area (Å²) in [5, 5.41) is 9.60. The van der Waals surface area contributed by atoms with Gasteiger partial charge in [-0.25, -0.2) is 0 Å². The van der Waals surface area contributed by atoms with E-state index in [0.717, 1.165) is 40.7 Å². The molecule has 0 unspecified atom stereocenters. The molecule has 2 N–H and O–H groups in total. The molecule has 4 rings (SSSR count). The number of anilines is 1. The van der Waals surface area contributed by atoms with Gasteiger partial charge in [0.05, 0.1) is 28.5 Å². The second kappa shape index (κ2) is 6.74. The van der Waals surface area contributed by atoms with E-state index < -0.39 is 0 Å². The van der Waals surface area contributed by atoms with Crippen molar-refractivity contribution in [3.8, 4) is 11.5 Å². The van der Waals surface area contributed by atoms with Crippen LogP contribution >= 0.6 is 11.6 Å². The lowest BCUT2D eigenvalue weighted by molar-refractivity contribution is 0.391. The second-order valence-electron chi connectivity index (χ2n) is 6.59. The minimum Gasteiger partial charge on any atom is -0.398 e. The number of nitrogens with zero attached hydrogens (tertiary/aromatic N) is 4. The third kappa shape index (κ3) is 2.98. The molecule has 3 aromatic heterocycles. The molecule has 0 fully saturated rings. The number of aryl methyl sites for hydroxylation is 3. The lowest BCUT2D eigenvalue weighted by Crippen LogP contribution is -2.05. The summed E-state index contributed by atoms with van der Waals surface area (Å²) in [5.41, 5.74) is 10.2. The number of benzene rings is 1. The zero-order chi connectivity index (χ0) is 19.1. The highest BCUT2D eigenvalue weighted by Gasteiger charge is 2.20. The molecular weight excluding hydrogens is 366 g/mol. The predicted octanol–water partition coefficient (Wildman–Crippen LogP) is 4.53. The van der Waals surface area contributed by atoms with Gasteiger partial charge < -0.3 is 19.3 Å². The van der Waals surface area contributed by atoms with E-state index in [4.69, 9.17) is 26.4 Å². The summed E-state index contributed by atoms with van der Waals surface area (Å²) in [6.07, 6.45) is 1.93. The molecule has 0 aliphatic rings. The molecular formula is C19H20ClN5O2. The average molecular weight is 386 g/mol. The molecule has 0 saturated heterocycles. The van der Waals surface area contributed by atoms with Crippen LogP contribution in [0.3, 0.4) is 0 Å². The van der Waals surface area contributed by atoms with Crippen molar-refractivity contribution in [1.29, 1.82) is 0 Å². The van der Waals surface area contributed by atoms with Crippen LogP contribution in [0.25, 0.3) is 22.4 Å². The summed E-state index contributed by atoms with van der Waals surface area (Å²) in [6, 6.07) is 5.89. The highest BCUT2D eigenvalue weighted by Crippen LogP contribution is 2.33. The summed E-state index contributed by atoms with van der Waals surface area (Å²) < 4.78 is 12.8. The average Bonchev–Trinajstić information content (AvgIpc) is 3.32. The van der Waals surface area contributed by atoms with E-state index >= 15 is 0 Å². The molecule has 0 atom stereocenters. The van der Waals surface area contributed by atoms with Gasteiger partial charge in [0.15, 0.2) is 5.82 Å². The van der Waals surface area contributed by atoms with Gasteiger partial charge in [-0.05, 0) is 38.5 Å². The van der Waals surface area contributed by atoms with E-state index in [-0.39, 0.29) is 0 Å². The SMILES string of the molecule is CCCc1cc2c(Cl)c(N)ccc2n1Cc1noc(-c2c(C)noc2C)n1. The number of rotatable bonds is 5. The molecule has 0 radical (unpaired) electrons. The Morgan fingerprint density at radius 2 is 2.00 bits per heavy atom. The summed E-state index contributed by atoms with van der Waals surface area (Å²) in [7, 11) is 0. The Morgan fingerprint density at radius 1 is 1.19 bits per heavy atom. The van der Waals surface area contributed by atoms with Crippen LogP contribution in [0, 0.1) is 13.8 Å². The maximum Gasteiger partial charge on any atom is 0.263 e. The molecule has 0 saturated carbocycles. The fourth-order valence-electron chi connectivity index (χ4n) is 3.37. The molecule has 27 heavy (non-hydrogen) atoms. The molecule has 7 nitrogen and oxygen atoms in total. The zero-order valence-corrected chi connectivity index (χ0v) is 16.2. The lowest BCUT2D eigenvalue weighted by atomic mass is 10.2. The van der Waals surface area contributed by atoms with E-state index in [1.54, 1.807) is 0 Å². The summed E-state index contributed by atoms with van der Waals surface area (Å²) >= 11 is 6.42. The van der Waals surface area contributed by atoms with Crippen LogP contribution in [0.1, 0.15) is 36.3 Å². The van der Waals surface area contributed by atoms with Crippen molar-refractivity contribution in [1.82, 2.24) is 19.9 Å². The topological polar surface area (TPSA) is 95.9 Å². The van der Waals surface area contributed by atoms with Gasteiger partial charge in [0, 0.05) is 11.1 Å². The molecule has 0 bridgehead atoms. The number of halogens is 1. The minimum absolute atomic E-state index is 0.414. The van der Waals surface area contributed by atoms with Gasteiger partial charge in [-0.3, -0.25) is 0 Å². The molecule has 3 heterocycles.